The Kier molecular flexibility index (Phi) is 5.57. The van der Waals surface area contributed by atoms with Gasteiger partial charge in [0.1, 0.15) is 29.3 Å². The number of carboxylic acid groups (broad SMARTS) is 1. The van der Waals surface area contributed by atoms with Gasteiger partial charge in [-0.05, 0) is 30.3 Å². The molecule has 2 aromatic carbocycles. The highest BCUT2D eigenvalue weighted by Gasteiger charge is 2.21. The number of carbonyl (C=O) groups is 2. The van der Waals surface area contributed by atoms with Gasteiger partial charge in [-0.3, -0.25) is 9.59 Å². The number of aliphatic carboxylic acids is 1. The van der Waals surface area contributed by atoms with Crippen LogP contribution in [-0.2, 0) is 4.79 Å². The van der Waals surface area contributed by atoms with Gasteiger partial charge in [0, 0.05) is 17.3 Å². The number of nitrogens with two attached hydrogens (primary N) is 1. The lowest BCUT2D eigenvalue weighted by molar-refractivity contribution is -0.138. The molecular formula is C20H16N4O5. The number of aromatic hydroxyl groups is 1. The lowest BCUT2D eigenvalue weighted by Gasteiger charge is -2.12. The van der Waals surface area contributed by atoms with Crippen LogP contribution in [0.5, 0.6) is 17.2 Å². The van der Waals surface area contributed by atoms with E-state index in [1.807, 2.05) is 24.3 Å². The van der Waals surface area contributed by atoms with Gasteiger partial charge in [0.25, 0.3) is 5.91 Å². The van der Waals surface area contributed by atoms with Crippen molar-refractivity contribution in [3.05, 3.63) is 59.9 Å². The van der Waals surface area contributed by atoms with Gasteiger partial charge in [-0.25, -0.2) is 4.98 Å². The molecule has 1 heterocycles. The lowest BCUT2D eigenvalue weighted by Crippen LogP contribution is -2.42. The molecule has 3 rings (SSSR count). The average molecular weight is 392 g/mol. The number of amides is 1. The Bertz CT molecular complexity index is 1130. The third kappa shape index (κ3) is 4.23. The number of aromatic nitrogens is 1. The predicted octanol–water partition coefficient (Wildman–Crippen LogP) is 1.75. The minimum absolute atomic E-state index is 0.0935. The average Bonchev–Trinajstić information content (AvgIpc) is 2.72. The number of pyridine rings is 1. The van der Waals surface area contributed by atoms with E-state index in [-0.39, 0.29) is 17.6 Å². The van der Waals surface area contributed by atoms with Gasteiger partial charge in [0.05, 0.1) is 0 Å². The first-order chi connectivity index (χ1) is 13.9. The molecule has 1 unspecified atom stereocenters. The third-order valence-corrected chi connectivity index (χ3v) is 4.05. The van der Waals surface area contributed by atoms with E-state index in [0.717, 1.165) is 0 Å². The first-order valence-electron chi connectivity index (χ1n) is 8.47. The molecule has 0 aliphatic rings. The molecule has 146 valence electrons. The highest BCUT2D eigenvalue weighted by atomic mass is 16.5. The molecule has 1 aromatic heterocycles. The van der Waals surface area contributed by atoms with Crippen LogP contribution in [0.1, 0.15) is 16.2 Å². The van der Waals surface area contributed by atoms with E-state index in [0.29, 0.717) is 16.9 Å². The number of nitrogens with one attached hydrogen (secondary N) is 1. The van der Waals surface area contributed by atoms with Crippen molar-refractivity contribution in [2.75, 3.05) is 6.54 Å². The second kappa shape index (κ2) is 8.24. The fourth-order valence-electron chi connectivity index (χ4n) is 2.58. The van der Waals surface area contributed by atoms with Gasteiger partial charge in [0.2, 0.25) is 0 Å². The van der Waals surface area contributed by atoms with Crippen molar-refractivity contribution in [1.82, 2.24) is 10.3 Å². The molecule has 0 aliphatic heterocycles. The van der Waals surface area contributed by atoms with Gasteiger partial charge in [-0.2, -0.15) is 5.26 Å². The van der Waals surface area contributed by atoms with Crippen molar-refractivity contribution in [2.24, 2.45) is 5.73 Å². The molecule has 3 aromatic rings. The molecule has 0 fully saturated rings. The maximum atomic E-state index is 12.3. The SMILES string of the molecule is N#Cc1nc(C(=O)NCC(N)C(=O)O)c(O)c2ccc(Oc3ccccc3)cc12. The number of rotatable bonds is 6. The largest absolute Gasteiger partial charge is 0.505 e. The van der Waals surface area contributed by atoms with Crippen LogP contribution >= 0.6 is 0 Å². The first-order valence-corrected chi connectivity index (χ1v) is 8.47. The molecule has 9 nitrogen and oxygen atoms in total. The molecule has 0 saturated carbocycles. The van der Waals surface area contributed by atoms with Crippen LogP contribution in [0, 0.1) is 11.3 Å². The number of carbonyl (C=O) groups excluding carboxylic acids is 1. The van der Waals surface area contributed by atoms with Crippen molar-refractivity contribution >= 4 is 22.6 Å². The van der Waals surface area contributed by atoms with Gasteiger partial charge < -0.3 is 26.0 Å². The van der Waals surface area contributed by atoms with Crippen LogP contribution in [0.3, 0.4) is 0 Å². The summed E-state index contributed by atoms with van der Waals surface area (Å²) in [6.07, 6.45) is 0. The molecule has 29 heavy (non-hydrogen) atoms. The molecule has 0 aliphatic carbocycles. The molecule has 0 saturated heterocycles. The van der Waals surface area contributed by atoms with Crippen molar-refractivity contribution in [3.8, 4) is 23.3 Å². The zero-order chi connectivity index (χ0) is 21.0. The van der Waals surface area contributed by atoms with Crippen molar-refractivity contribution in [1.29, 1.82) is 5.26 Å². The summed E-state index contributed by atoms with van der Waals surface area (Å²) < 4.78 is 5.72. The van der Waals surface area contributed by atoms with E-state index in [1.54, 1.807) is 18.2 Å². The van der Waals surface area contributed by atoms with Gasteiger partial charge >= 0.3 is 5.97 Å². The van der Waals surface area contributed by atoms with Crippen molar-refractivity contribution < 1.29 is 24.5 Å². The molecule has 1 atom stereocenters. The number of benzene rings is 2. The van der Waals surface area contributed by atoms with Crippen LogP contribution in [0.25, 0.3) is 10.8 Å². The second-order valence-electron chi connectivity index (χ2n) is 6.05. The van der Waals surface area contributed by atoms with Crippen LogP contribution in [-0.4, -0.2) is 39.7 Å². The first kappa shape index (κ1) is 19.6. The van der Waals surface area contributed by atoms with E-state index >= 15 is 0 Å². The fourth-order valence-corrected chi connectivity index (χ4v) is 2.58. The fraction of sp³-hybridized carbons (Fsp3) is 0.100. The number of nitriles is 1. The summed E-state index contributed by atoms with van der Waals surface area (Å²) in [6.45, 7) is -0.362. The Labute approximate surface area is 165 Å². The minimum atomic E-state index is -1.31. The van der Waals surface area contributed by atoms with Crippen LogP contribution in [0.15, 0.2) is 48.5 Å². The number of hydrogen-bond acceptors (Lipinski definition) is 7. The third-order valence-electron chi connectivity index (χ3n) is 4.05. The molecule has 0 radical (unpaired) electrons. The number of nitrogens with zero attached hydrogens (tertiary/aromatic N) is 2. The smallest absolute Gasteiger partial charge is 0.322 e. The quantitative estimate of drug-likeness (QED) is 0.494. The van der Waals surface area contributed by atoms with E-state index < -0.39 is 29.4 Å². The zero-order valence-electron chi connectivity index (χ0n) is 15.0. The van der Waals surface area contributed by atoms with Crippen LogP contribution in [0.2, 0.25) is 0 Å². The Balaban J connectivity index is 1.95. The summed E-state index contributed by atoms with van der Waals surface area (Å²) in [7, 11) is 0. The Morgan fingerprint density at radius 3 is 2.55 bits per heavy atom. The van der Waals surface area contributed by atoms with Crippen LogP contribution in [0.4, 0.5) is 0 Å². The number of para-hydroxylation sites is 1. The van der Waals surface area contributed by atoms with Gasteiger partial charge in [0.15, 0.2) is 11.4 Å². The van der Waals surface area contributed by atoms with E-state index in [1.165, 1.54) is 12.1 Å². The number of carboxylic acids is 1. The van der Waals surface area contributed by atoms with Gasteiger partial charge in [-0.15, -0.1) is 0 Å². The maximum Gasteiger partial charge on any atom is 0.322 e. The van der Waals surface area contributed by atoms with Crippen molar-refractivity contribution in [3.63, 3.8) is 0 Å². The van der Waals surface area contributed by atoms with E-state index in [2.05, 4.69) is 10.3 Å². The Hall–Kier alpha value is -4.16. The topological polar surface area (TPSA) is 159 Å². The summed E-state index contributed by atoms with van der Waals surface area (Å²) >= 11 is 0. The minimum Gasteiger partial charge on any atom is -0.505 e. The Morgan fingerprint density at radius 2 is 1.90 bits per heavy atom. The number of fused-ring (bicyclic) bond motifs is 1. The van der Waals surface area contributed by atoms with Gasteiger partial charge in [-0.1, -0.05) is 18.2 Å². The second-order valence-corrected chi connectivity index (χ2v) is 6.05. The predicted molar refractivity (Wildman–Crippen MR) is 103 cm³/mol. The van der Waals surface area contributed by atoms with E-state index in [4.69, 9.17) is 15.6 Å². The summed E-state index contributed by atoms with van der Waals surface area (Å²) in [4.78, 5) is 27.0. The zero-order valence-corrected chi connectivity index (χ0v) is 15.0. The molecule has 0 spiro atoms. The number of ether oxygens (including phenoxy) is 1. The highest BCUT2D eigenvalue weighted by molar-refractivity contribution is 6.03. The summed E-state index contributed by atoms with van der Waals surface area (Å²) in [5.41, 5.74) is 4.85. The number of hydrogen-bond donors (Lipinski definition) is 4. The Morgan fingerprint density at radius 1 is 1.17 bits per heavy atom. The molecule has 9 heteroatoms. The van der Waals surface area contributed by atoms with E-state index in [9.17, 15) is 20.0 Å². The summed E-state index contributed by atoms with van der Waals surface area (Å²) in [5, 5.41) is 31.5. The normalized spacial score (nSPS) is 11.4. The summed E-state index contributed by atoms with van der Waals surface area (Å²) in [5.74, 6) is -1.56. The molecule has 1 amide bonds. The van der Waals surface area contributed by atoms with Crippen molar-refractivity contribution in [2.45, 2.75) is 6.04 Å². The molecule has 0 bridgehead atoms. The molecule has 5 N–H and O–H groups in total. The summed E-state index contributed by atoms with van der Waals surface area (Å²) in [6, 6.07) is 14.2. The standard InChI is InChI=1S/C20H16N4O5/c21-9-16-14-8-12(29-11-4-2-1-3-5-11)6-7-13(14)18(25)17(24-16)19(26)23-10-15(22)20(27)28/h1-8,15,25H,10,22H2,(H,23,26)(H,27,28). The maximum absolute atomic E-state index is 12.3. The van der Waals surface area contributed by atoms with Crippen LogP contribution < -0.4 is 15.8 Å². The lowest BCUT2D eigenvalue weighted by atomic mass is 10.1. The monoisotopic (exact) mass is 392 g/mol. The highest BCUT2D eigenvalue weighted by Crippen LogP contribution is 2.33. The molecular weight excluding hydrogens is 376 g/mol.